The fourth-order valence-corrected chi connectivity index (χ4v) is 4.87. The summed E-state index contributed by atoms with van der Waals surface area (Å²) in [6.45, 7) is 7.35. The van der Waals surface area contributed by atoms with Gasteiger partial charge in [0, 0.05) is 42.6 Å². The van der Waals surface area contributed by atoms with E-state index in [1.54, 1.807) is 0 Å². The van der Waals surface area contributed by atoms with Crippen LogP contribution >= 0.6 is 36.6 Å². The number of hydrogen-bond donors (Lipinski definition) is 2. The summed E-state index contributed by atoms with van der Waals surface area (Å²) >= 11 is 2.06. The lowest BCUT2D eigenvalue weighted by Gasteiger charge is -2.44. The lowest BCUT2D eigenvalue weighted by molar-refractivity contribution is -0.127. The molecule has 0 radical (unpaired) electrons. The highest BCUT2D eigenvalue weighted by Gasteiger charge is 2.40. The van der Waals surface area contributed by atoms with E-state index in [9.17, 15) is 4.79 Å². The molecule has 3 fully saturated rings. The van der Waals surface area contributed by atoms with Crippen LogP contribution < -0.4 is 10.6 Å². The van der Waals surface area contributed by atoms with Gasteiger partial charge in [0.2, 0.25) is 5.91 Å². The minimum Gasteiger partial charge on any atom is -0.354 e. The van der Waals surface area contributed by atoms with Crippen molar-refractivity contribution in [3.63, 3.8) is 0 Å². The molecule has 3 aliphatic rings. The molecule has 4 nitrogen and oxygen atoms in total. The molecule has 1 atom stereocenters. The number of nitrogens with zero attached hydrogens (tertiary/aromatic N) is 1. The number of halogens is 2. The Morgan fingerprint density at radius 1 is 1.26 bits per heavy atom. The van der Waals surface area contributed by atoms with Crippen LogP contribution in [0.4, 0.5) is 0 Å². The lowest BCUT2D eigenvalue weighted by Crippen LogP contribution is -2.58. The van der Waals surface area contributed by atoms with Gasteiger partial charge in [0.1, 0.15) is 0 Å². The predicted molar refractivity (Wildman–Crippen MR) is 103 cm³/mol. The van der Waals surface area contributed by atoms with Crippen molar-refractivity contribution in [3.05, 3.63) is 0 Å². The second kappa shape index (κ2) is 9.71. The number of hydrogen-bond acceptors (Lipinski definition) is 4. The van der Waals surface area contributed by atoms with Gasteiger partial charge in [0.15, 0.2) is 0 Å². The fraction of sp³-hybridized carbons (Fsp3) is 0.938. The van der Waals surface area contributed by atoms with Gasteiger partial charge in [-0.3, -0.25) is 9.69 Å². The van der Waals surface area contributed by atoms with Gasteiger partial charge in [0.25, 0.3) is 0 Å². The number of carbonyl (C=O) groups excluding carboxylic acids is 1. The van der Waals surface area contributed by atoms with Gasteiger partial charge >= 0.3 is 0 Å². The standard InChI is InChI=1S/C16H29N3OS.2ClH/c1-13(14-10-17-11-14)15(20)18-12-16(4-2-3-5-16)19-6-8-21-9-7-19;;/h13-14,17H,2-12H2,1H3,(H,18,20);2*1H. The van der Waals surface area contributed by atoms with Crippen molar-refractivity contribution in [1.29, 1.82) is 0 Å². The summed E-state index contributed by atoms with van der Waals surface area (Å²) in [4.78, 5) is 15.1. The van der Waals surface area contributed by atoms with E-state index in [1.165, 1.54) is 50.3 Å². The summed E-state index contributed by atoms with van der Waals surface area (Å²) in [7, 11) is 0. The monoisotopic (exact) mass is 383 g/mol. The van der Waals surface area contributed by atoms with Crippen LogP contribution in [0.15, 0.2) is 0 Å². The van der Waals surface area contributed by atoms with Crippen LogP contribution in [0.1, 0.15) is 32.6 Å². The molecule has 3 rings (SSSR count). The first-order valence-electron chi connectivity index (χ1n) is 8.52. The average Bonchev–Trinajstić information content (AvgIpc) is 2.94. The molecule has 136 valence electrons. The van der Waals surface area contributed by atoms with Crippen LogP contribution in [0.5, 0.6) is 0 Å². The van der Waals surface area contributed by atoms with Crippen LogP contribution in [0.25, 0.3) is 0 Å². The topological polar surface area (TPSA) is 44.4 Å². The summed E-state index contributed by atoms with van der Waals surface area (Å²) < 4.78 is 0. The molecule has 2 heterocycles. The van der Waals surface area contributed by atoms with Gasteiger partial charge < -0.3 is 10.6 Å². The highest BCUT2D eigenvalue weighted by molar-refractivity contribution is 7.99. The Morgan fingerprint density at radius 3 is 2.39 bits per heavy atom. The molecule has 0 aromatic rings. The van der Waals surface area contributed by atoms with E-state index >= 15 is 0 Å². The molecule has 1 saturated carbocycles. The Balaban J connectivity index is 0.00000132. The molecule has 0 aromatic heterocycles. The molecule has 2 aliphatic heterocycles. The first-order valence-corrected chi connectivity index (χ1v) is 9.68. The van der Waals surface area contributed by atoms with Crippen LogP contribution in [0.2, 0.25) is 0 Å². The molecule has 0 spiro atoms. The first kappa shape index (κ1) is 21.4. The molecule has 2 N–H and O–H groups in total. The first-order chi connectivity index (χ1) is 10.2. The number of thioether (sulfide) groups is 1. The maximum absolute atomic E-state index is 12.4. The van der Waals surface area contributed by atoms with Gasteiger partial charge in [-0.25, -0.2) is 0 Å². The van der Waals surface area contributed by atoms with Crippen LogP contribution in [0.3, 0.4) is 0 Å². The smallest absolute Gasteiger partial charge is 0.223 e. The lowest BCUT2D eigenvalue weighted by atomic mass is 9.87. The van der Waals surface area contributed by atoms with Crippen molar-refractivity contribution in [2.24, 2.45) is 11.8 Å². The van der Waals surface area contributed by atoms with E-state index in [-0.39, 0.29) is 42.2 Å². The Hall–Kier alpha value is 0.320. The molecular formula is C16H31Cl2N3OS. The Labute approximate surface area is 157 Å². The quantitative estimate of drug-likeness (QED) is 0.763. The number of carbonyl (C=O) groups is 1. The molecule has 0 aromatic carbocycles. The van der Waals surface area contributed by atoms with E-state index in [1.807, 2.05) is 0 Å². The highest BCUT2D eigenvalue weighted by atomic mass is 35.5. The third-order valence-electron chi connectivity index (χ3n) is 5.74. The molecule has 1 unspecified atom stereocenters. The fourth-order valence-electron chi connectivity index (χ4n) is 3.97. The third kappa shape index (κ3) is 4.91. The second-order valence-electron chi connectivity index (χ2n) is 6.96. The minimum absolute atomic E-state index is 0. The van der Waals surface area contributed by atoms with Crippen molar-refractivity contribution in [3.8, 4) is 0 Å². The normalized spacial score (nSPS) is 25.6. The minimum atomic E-state index is 0. The van der Waals surface area contributed by atoms with Crippen LogP contribution in [0, 0.1) is 11.8 Å². The summed E-state index contributed by atoms with van der Waals surface area (Å²) in [5.74, 6) is 3.45. The average molecular weight is 384 g/mol. The van der Waals surface area contributed by atoms with Crippen molar-refractivity contribution >= 4 is 42.5 Å². The van der Waals surface area contributed by atoms with Gasteiger partial charge in [0.05, 0.1) is 0 Å². The van der Waals surface area contributed by atoms with Crippen LogP contribution in [-0.4, -0.2) is 60.6 Å². The number of nitrogens with one attached hydrogen (secondary N) is 2. The molecule has 23 heavy (non-hydrogen) atoms. The molecular weight excluding hydrogens is 353 g/mol. The zero-order valence-corrected chi connectivity index (χ0v) is 16.5. The third-order valence-corrected chi connectivity index (χ3v) is 6.68. The Bertz CT molecular complexity index is 370. The summed E-state index contributed by atoms with van der Waals surface area (Å²) in [6.07, 6.45) is 5.16. The molecule has 2 saturated heterocycles. The predicted octanol–water partition coefficient (Wildman–Crippen LogP) is 2.16. The van der Waals surface area contributed by atoms with E-state index < -0.39 is 0 Å². The molecule has 1 amide bonds. The van der Waals surface area contributed by atoms with Crippen molar-refractivity contribution in [2.75, 3.05) is 44.2 Å². The molecule has 0 bridgehead atoms. The summed E-state index contributed by atoms with van der Waals surface area (Å²) in [6, 6.07) is 0. The zero-order chi connectivity index (χ0) is 14.7. The SMILES string of the molecule is CC(C(=O)NCC1(N2CCSCC2)CCCC1)C1CNC1.Cl.Cl. The van der Waals surface area contributed by atoms with Gasteiger partial charge in [-0.05, 0) is 31.8 Å². The van der Waals surface area contributed by atoms with Gasteiger partial charge in [-0.1, -0.05) is 19.8 Å². The summed E-state index contributed by atoms with van der Waals surface area (Å²) in [5, 5.41) is 6.56. The van der Waals surface area contributed by atoms with Crippen molar-refractivity contribution < 1.29 is 4.79 Å². The van der Waals surface area contributed by atoms with Gasteiger partial charge in [-0.2, -0.15) is 11.8 Å². The molecule has 7 heteroatoms. The highest BCUT2D eigenvalue weighted by Crippen LogP contribution is 2.36. The number of rotatable bonds is 5. The Morgan fingerprint density at radius 2 is 1.87 bits per heavy atom. The van der Waals surface area contributed by atoms with Crippen molar-refractivity contribution in [2.45, 2.75) is 38.1 Å². The van der Waals surface area contributed by atoms with Gasteiger partial charge in [-0.15, -0.1) is 24.8 Å². The van der Waals surface area contributed by atoms with Crippen molar-refractivity contribution in [1.82, 2.24) is 15.5 Å². The largest absolute Gasteiger partial charge is 0.354 e. The maximum Gasteiger partial charge on any atom is 0.223 e. The van der Waals surface area contributed by atoms with E-state index in [2.05, 4.69) is 34.2 Å². The van der Waals surface area contributed by atoms with Crippen LogP contribution in [-0.2, 0) is 4.79 Å². The Kier molecular flexibility index (Phi) is 9.02. The molecule has 1 aliphatic carbocycles. The van der Waals surface area contributed by atoms with E-state index in [4.69, 9.17) is 0 Å². The summed E-state index contributed by atoms with van der Waals surface area (Å²) in [5.41, 5.74) is 0.258. The second-order valence-corrected chi connectivity index (χ2v) is 8.18. The zero-order valence-electron chi connectivity index (χ0n) is 14.0. The van der Waals surface area contributed by atoms with E-state index in [0.717, 1.165) is 19.6 Å². The van der Waals surface area contributed by atoms with E-state index in [0.29, 0.717) is 5.92 Å². The maximum atomic E-state index is 12.4. The number of amides is 1.